The van der Waals surface area contributed by atoms with Crippen LogP contribution >= 0.6 is 0 Å². The van der Waals surface area contributed by atoms with Crippen LogP contribution in [0.3, 0.4) is 0 Å². The van der Waals surface area contributed by atoms with Gasteiger partial charge in [0.05, 0.1) is 0 Å². The van der Waals surface area contributed by atoms with Gasteiger partial charge in [-0.25, -0.2) is 0 Å². The lowest BCUT2D eigenvalue weighted by atomic mass is 9.81. The van der Waals surface area contributed by atoms with Crippen LogP contribution in [-0.4, -0.2) is 0 Å². The zero-order valence-electron chi connectivity index (χ0n) is 11.7. The molecule has 1 saturated carbocycles. The first-order chi connectivity index (χ1) is 8.97. The van der Waals surface area contributed by atoms with Crippen molar-refractivity contribution in [3.63, 3.8) is 0 Å². The average molecular weight is 244 g/mol. The standard InChI is InChI=1S/C18H28/c1-2-4-6-9-13-17(14-10-7-5-3-1)18-15-11-8-12-16-18/h2,4,6,9,13,18H,1,3,5,7-8,10-12,14-16H2. The van der Waals surface area contributed by atoms with Crippen molar-refractivity contribution in [2.75, 3.05) is 0 Å². The van der Waals surface area contributed by atoms with Gasteiger partial charge in [0.25, 0.3) is 0 Å². The molecule has 1 fully saturated rings. The Morgan fingerprint density at radius 1 is 0.722 bits per heavy atom. The largest absolute Gasteiger partial charge is 0.0845 e. The van der Waals surface area contributed by atoms with Crippen LogP contribution in [0.1, 0.15) is 70.6 Å². The van der Waals surface area contributed by atoms with Gasteiger partial charge in [0.1, 0.15) is 0 Å². The summed E-state index contributed by atoms with van der Waals surface area (Å²) in [6, 6.07) is 0. The molecular formula is C18H28. The molecule has 0 aromatic rings. The topological polar surface area (TPSA) is 0 Å². The third-order valence-corrected chi connectivity index (χ3v) is 4.38. The van der Waals surface area contributed by atoms with Crippen molar-refractivity contribution in [1.29, 1.82) is 0 Å². The predicted molar refractivity (Wildman–Crippen MR) is 80.6 cm³/mol. The molecule has 0 spiro atoms. The molecule has 0 aromatic carbocycles. The molecule has 0 radical (unpaired) electrons. The van der Waals surface area contributed by atoms with Gasteiger partial charge in [0, 0.05) is 0 Å². The van der Waals surface area contributed by atoms with E-state index in [1.807, 2.05) is 0 Å². The number of hydrogen-bond acceptors (Lipinski definition) is 0. The molecule has 2 aliphatic carbocycles. The molecule has 100 valence electrons. The molecule has 2 aliphatic rings. The molecule has 0 heteroatoms. The molecular weight excluding hydrogens is 216 g/mol. The SMILES string of the molecule is C1=CC=C(C2CCCCC2)CCCCCCC=C1. The minimum Gasteiger partial charge on any atom is -0.0845 e. The fourth-order valence-corrected chi connectivity index (χ4v) is 3.26. The first-order valence-corrected chi connectivity index (χ1v) is 7.99. The Hall–Kier alpha value is -0.780. The van der Waals surface area contributed by atoms with Gasteiger partial charge in [-0.2, -0.15) is 0 Å². The fourth-order valence-electron chi connectivity index (χ4n) is 3.26. The highest BCUT2D eigenvalue weighted by molar-refractivity contribution is 5.19. The second kappa shape index (κ2) is 8.34. The first-order valence-electron chi connectivity index (χ1n) is 7.99. The van der Waals surface area contributed by atoms with Gasteiger partial charge >= 0.3 is 0 Å². The molecule has 0 nitrogen and oxygen atoms in total. The molecule has 0 N–H and O–H groups in total. The van der Waals surface area contributed by atoms with Crippen LogP contribution in [0.2, 0.25) is 0 Å². The third kappa shape index (κ3) is 4.84. The first kappa shape index (κ1) is 13.6. The Kier molecular flexibility index (Phi) is 6.33. The summed E-state index contributed by atoms with van der Waals surface area (Å²) >= 11 is 0. The molecule has 0 saturated heterocycles. The van der Waals surface area contributed by atoms with E-state index in [1.165, 1.54) is 70.6 Å². The Morgan fingerprint density at radius 2 is 1.50 bits per heavy atom. The zero-order valence-corrected chi connectivity index (χ0v) is 11.7. The highest BCUT2D eigenvalue weighted by Crippen LogP contribution is 2.32. The summed E-state index contributed by atoms with van der Waals surface area (Å²) in [5, 5.41) is 0. The maximum absolute atomic E-state index is 2.42. The second-order valence-electron chi connectivity index (χ2n) is 5.84. The molecule has 2 rings (SSSR count). The number of allylic oxidation sites excluding steroid dienone is 6. The molecule has 0 atom stereocenters. The quantitative estimate of drug-likeness (QED) is 0.534. The minimum absolute atomic E-state index is 0.898. The van der Waals surface area contributed by atoms with Crippen molar-refractivity contribution < 1.29 is 0 Å². The van der Waals surface area contributed by atoms with Crippen LogP contribution in [-0.2, 0) is 0 Å². The lowest BCUT2D eigenvalue weighted by molar-refractivity contribution is 0.392. The summed E-state index contributed by atoms with van der Waals surface area (Å²) in [6.45, 7) is 0. The summed E-state index contributed by atoms with van der Waals surface area (Å²) in [7, 11) is 0. The van der Waals surface area contributed by atoms with E-state index in [9.17, 15) is 0 Å². The summed E-state index contributed by atoms with van der Waals surface area (Å²) in [6.07, 6.45) is 26.9. The molecule has 18 heavy (non-hydrogen) atoms. The monoisotopic (exact) mass is 244 g/mol. The highest BCUT2D eigenvalue weighted by Gasteiger charge is 2.16. The smallest absolute Gasteiger partial charge is 0.0200 e. The van der Waals surface area contributed by atoms with Gasteiger partial charge < -0.3 is 0 Å². The van der Waals surface area contributed by atoms with Crippen molar-refractivity contribution in [3.8, 4) is 0 Å². The molecule has 0 aromatic heterocycles. The average Bonchev–Trinajstić information content (AvgIpc) is 2.40. The molecule has 0 aliphatic heterocycles. The van der Waals surface area contributed by atoms with Crippen LogP contribution in [0.15, 0.2) is 36.0 Å². The van der Waals surface area contributed by atoms with E-state index in [1.54, 1.807) is 5.57 Å². The summed E-state index contributed by atoms with van der Waals surface area (Å²) in [5.41, 5.74) is 1.74. The van der Waals surface area contributed by atoms with Gasteiger partial charge in [0.15, 0.2) is 0 Å². The van der Waals surface area contributed by atoms with Crippen molar-refractivity contribution in [2.24, 2.45) is 5.92 Å². The van der Waals surface area contributed by atoms with Crippen molar-refractivity contribution >= 4 is 0 Å². The van der Waals surface area contributed by atoms with E-state index in [0.717, 1.165) is 5.92 Å². The van der Waals surface area contributed by atoms with E-state index >= 15 is 0 Å². The predicted octanol–water partition coefficient (Wildman–Crippen LogP) is 5.96. The van der Waals surface area contributed by atoms with Crippen LogP contribution < -0.4 is 0 Å². The van der Waals surface area contributed by atoms with Gasteiger partial charge in [-0.1, -0.05) is 68.1 Å². The van der Waals surface area contributed by atoms with Crippen molar-refractivity contribution in [3.05, 3.63) is 36.0 Å². The summed E-state index contributed by atoms with van der Waals surface area (Å²) in [4.78, 5) is 0. The lowest BCUT2D eigenvalue weighted by Crippen LogP contribution is -2.09. The van der Waals surface area contributed by atoms with Crippen molar-refractivity contribution in [2.45, 2.75) is 70.6 Å². The fraction of sp³-hybridized carbons (Fsp3) is 0.667. The van der Waals surface area contributed by atoms with E-state index in [2.05, 4.69) is 30.4 Å². The van der Waals surface area contributed by atoms with Gasteiger partial charge in [0.2, 0.25) is 0 Å². The normalized spacial score (nSPS) is 24.1. The zero-order chi connectivity index (χ0) is 12.5. The van der Waals surface area contributed by atoms with E-state index in [-0.39, 0.29) is 0 Å². The van der Waals surface area contributed by atoms with Crippen LogP contribution in [0.25, 0.3) is 0 Å². The highest BCUT2D eigenvalue weighted by atomic mass is 14.2. The summed E-state index contributed by atoms with van der Waals surface area (Å²) < 4.78 is 0. The molecule has 0 unspecified atom stereocenters. The van der Waals surface area contributed by atoms with Crippen LogP contribution in [0.4, 0.5) is 0 Å². The van der Waals surface area contributed by atoms with E-state index in [0.29, 0.717) is 0 Å². The Morgan fingerprint density at radius 3 is 2.39 bits per heavy atom. The maximum Gasteiger partial charge on any atom is -0.0200 e. The lowest BCUT2D eigenvalue weighted by Gasteiger charge is -2.24. The molecule has 0 bridgehead atoms. The minimum atomic E-state index is 0.898. The van der Waals surface area contributed by atoms with E-state index < -0.39 is 0 Å². The third-order valence-electron chi connectivity index (χ3n) is 4.38. The van der Waals surface area contributed by atoms with Gasteiger partial charge in [-0.3, -0.25) is 0 Å². The number of rotatable bonds is 1. The van der Waals surface area contributed by atoms with Crippen LogP contribution in [0.5, 0.6) is 0 Å². The van der Waals surface area contributed by atoms with Crippen LogP contribution in [0, 0.1) is 5.92 Å². The molecule has 0 heterocycles. The maximum atomic E-state index is 2.42. The van der Waals surface area contributed by atoms with E-state index in [4.69, 9.17) is 0 Å². The van der Waals surface area contributed by atoms with Gasteiger partial charge in [-0.15, -0.1) is 0 Å². The Balaban J connectivity index is 1.98. The Bertz CT molecular complexity index is 300. The van der Waals surface area contributed by atoms with Gasteiger partial charge in [-0.05, 0) is 44.4 Å². The van der Waals surface area contributed by atoms with Crippen molar-refractivity contribution in [1.82, 2.24) is 0 Å². The number of hydrogen-bond donors (Lipinski definition) is 0. The Labute approximate surface area is 113 Å². The second-order valence-corrected chi connectivity index (χ2v) is 5.84. The molecule has 0 amide bonds. The summed E-state index contributed by atoms with van der Waals surface area (Å²) in [5.74, 6) is 0.898.